The number of nitrogens with two attached hydrogens (primary N) is 1. The van der Waals surface area contributed by atoms with E-state index in [1.165, 1.54) is 5.56 Å². The maximum absolute atomic E-state index is 9.34. The van der Waals surface area contributed by atoms with Gasteiger partial charge in [0.25, 0.3) is 0 Å². The molecule has 1 aromatic rings. The summed E-state index contributed by atoms with van der Waals surface area (Å²) in [5, 5.41) is 9.34. The predicted octanol–water partition coefficient (Wildman–Crippen LogP) is 0.612. The highest BCUT2D eigenvalue weighted by atomic mass is 16.3. The van der Waals surface area contributed by atoms with E-state index in [2.05, 4.69) is 16.8 Å². The van der Waals surface area contributed by atoms with E-state index in [4.69, 9.17) is 5.73 Å². The first-order valence-electron chi connectivity index (χ1n) is 5.68. The number of rotatable bonds is 6. The van der Waals surface area contributed by atoms with E-state index in [0.717, 1.165) is 13.1 Å². The van der Waals surface area contributed by atoms with Gasteiger partial charge in [0.15, 0.2) is 0 Å². The molecule has 0 aliphatic heterocycles. The molecule has 3 N–H and O–H groups in total. The smallest absolute Gasteiger partial charge is 0.0601 e. The van der Waals surface area contributed by atoms with Crippen LogP contribution in [0.5, 0.6) is 0 Å². The fourth-order valence-electron chi connectivity index (χ4n) is 1.80. The summed E-state index contributed by atoms with van der Waals surface area (Å²) in [6.07, 6.45) is 3.56. The molecule has 0 radical (unpaired) electrons. The average molecular weight is 223 g/mol. The van der Waals surface area contributed by atoms with E-state index >= 15 is 0 Å². The molecule has 0 saturated heterocycles. The summed E-state index contributed by atoms with van der Waals surface area (Å²) < 4.78 is 0. The molecule has 2 atom stereocenters. The van der Waals surface area contributed by atoms with Gasteiger partial charge in [0.05, 0.1) is 6.61 Å². The van der Waals surface area contributed by atoms with Crippen molar-refractivity contribution in [1.29, 1.82) is 0 Å². The highest BCUT2D eigenvalue weighted by molar-refractivity contribution is 5.09. The Labute approximate surface area is 97.1 Å². The van der Waals surface area contributed by atoms with Crippen LogP contribution in [0.2, 0.25) is 0 Å². The average Bonchev–Trinajstić information content (AvgIpc) is 2.29. The lowest BCUT2D eigenvalue weighted by Crippen LogP contribution is -2.48. The second-order valence-corrected chi connectivity index (χ2v) is 4.03. The fraction of sp³-hybridized carbons (Fsp3) is 0.583. The van der Waals surface area contributed by atoms with Gasteiger partial charge in [-0.05, 0) is 31.2 Å². The molecule has 2 unspecified atom stereocenters. The monoisotopic (exact) mass is 223 g/mol. The van der Waals surface area contributed by atoms with Crippen LogP contribution in [-0.2, 0) is 6.54 Å². The molecule has 0 aliphatic rings. The van der Waals surface area contributed by atoms with Crippen LogP contribution in [-0.4, -0.2) is 40.2 Å². The Morgan fingerprint density at radius 1 is 1.44 bits per heavy atom. The van der Waals surface area contributed by atoms with Crippen LogP contribution < -0.4 is 5.73 Å². The Hall–Kier alpha value is -0.970. The Morgan fingerprint density at radius 2 is 2.06 bits per heavy atom. The number of aliphatic hydroxyl groups excluding tert-OH is 1. The van der Waals surface area contributed by atoms with E-state index in [9.17, 15) is 5.11 Å². The van der Waals surface area contributed by atoms with Gasteiger partial charge < -0.3 is 10.8 Å². The van der Waals surface area contributed by atoms with Crippen LogP contribution in [0.15, 0.2) is 24.5 Å². The molecule has 4 heteroatoms. The summed E-state index contributed by atoms with van der Waals surface area (Å²) >= 11 is 0. The quantitative estimate of drug-likeness (QED) is 0.742. The molecule has 0 aliphatic carbocycles. The van der Waals surface area contributed by atoms with Crippen molar-refractivity contribution in [2.45, 2.75) is 32.5 Å². The van der Waals surface area contributed by atoms with Crippen molar-refractivity contribution in [2.75, 3.05) is 13.2 Å². The van der Waals surface area contributed by atoms with Gasteiger partial charge in [-0.3, -0.25) is 9.88 Å². The molecular formula is C12H21N3O. The number of nitrogens with zero attached hydrogens (tertiary/aromatic N) is 2. The molecule has 4 nitrogen and oxygen atoms in total. The summed E-state index contributed by atoms with van der Waals surface area (Å²) in [7, 11) is 0. The number of pyridine rings is 1. The van der Waals surface area contributed by atoms with E-state index in [0.29, 0.717) is 0 Å². The van der Waals surface area contributed by atoms with Crippen molar-refractivity contribution in [1.82, 2.24) is 9.88 Å². The Balaban J connectivity index is 2.68. The zero-order valence-corrected chi connectivity index (χ0v) is 10.0. The number of aromatic nitrogens is 1. The molecule has 0 saturated carbocycles. The summed E-state index contributed by atoms with van der Waals surface area (Å²) in [5.74, 6) is 0. The van der Waals surface area contributed by atoms with Crippen LogP contribution in [0.1, 0.15) is 19.4 Å². The van der Waals surface area contributed by atoms with Gasteiger partial charge in [0.2, 0.25) is 0 Å². The minimum Gasteiger partial charge on any atom is -0.395 e. The third-order valence-corrected chi connectivity index (χ3v) is 2.80. The fourth-order valence-corrected chi connectivity index (χ4v) is 1.80. The van der Waals surface area contributed by atoms with Crippen molar-refractivity contribution < 1.29 is 5.11 Å². The summed E-state index contributed by atoms with van der Waals surface area (Å²) in [5.41, 5.74) is 7.05. The lowest BCUT2D eigenvalue weighted by molar-refractivity contribution is 0.106. The summed E-state index contributed by atoms with van der Waals surface area (Å²) in [6, 6.07) is 3.95. The Kier molecular flexibility index (Phi) is 5.38. The lowest BCUT2D eigenvalue weighted by atomic mass is 10.1. The van der Waals surface area contributed by atoms with Crippen molar-refractivity contribution in [3.63, 3.8) is 0 Å². The normalized spacial score (nSPS) is 15.1. The first-order chi connectivity index (χ1) is 7.69. The standard InChI is InChI=1S/C12H21N3O/c1-3-15(12(9-16)10(2)13)8-11-4-6-14-7-5-11/h4-7,10,12,16H,3,8-9,13H2,1-2H3. The minimum atomic E-state index is -0.0354. The summed E-state index contributed by atoms with van der Waals surface area (Å²) in [4.78, 5) is 6.17. The van der Waals surface area contributed by atoms with Gasteiger partial charge in [-0.2, -0.15) is 0 Å². The van der Waals surface area contributed by atoms with Gasteiger partial charge >= 0.3 is 0 Å². The van der Waals surface area contributed by atoms with Gasteiger partial charge in [0, 0.05) is 31.0 Å². The highest BCUT2D eigenvalue weighted by Gasteiger charge is 2.19. The van der Waals surface area contributed by atoms with Gasteiger partial charge in [-0.15, -0.1) is 0 Å². The number of hydrogen-bond acceptors (Lipinski definition) is 4. The van der Waals surface area contributed by atoms with Gasteiger partial charge in [-0.25, -0.2) is 0 Å². The second-order valence-electron chi connectivity index (χ2n) is 4.03. The van der Waals surface area contributed by atoms with E-state index < -0.39 is 0 Å². The van der Waals surface area contributed by atoms with Crippen LogP contribution in [0, 0.1) is 0 Å². The molecule has 0 bridgehead atoms. The molecule has 0 aromatic carbocycles. The van der Waals surface area contributed by atoms with Gasteiger partial charge in [-0.1, -0.05) is 6.92 Å². The summed E-state index contributed by atoms with van der Waals surface area (Å²) in [6.45, 7) is 5.76. The Morgan fingerprint density at radius 3 is 2.50 bits per heavy atom. The van der Waals surface area contributed by atoms with Crippen LogP contribution in [0.25, 0.3) is 0 Å². The number of likely N-dealkylation sites (N-methyl/N-ethyl adjacent to an activating group) is 1. The maximum atomic E-state index is 9.34. The predicted molar refractivity (Wildman–Crippen MR) is 64.8 cm³/mol. The molecule has 1 aromatic heterocycles. The van der Waals surface area contributed by atoms with Crippen LogP contribution >= 0.6 is 0 Å². The Bertz CT molecular complexity index is 290. The zero-order chi connectivity index (χ0) is 12.0. The van der Waals surface area contributed by atoms with Gasteiger partial charge in [0.1, 0.15) is 0 Å². The minimum absolute atomic E-state index is 0.0122. The first kappa shape index (κ1) is 13.1. The molecule has 1 heterocycles. The molecule has 90 valence electrons. The van der Waals surface area contributed by atoms with E-state index in [1.54, 1.807) is 12.4 Å². The topological polar surface area (TPSA) is 62.4 Å². The van der Waals surface area contributed by atoms with Crippen molar-refractivity contribution >= 4 is 0 Å². The molecule has 0 fully saturated rings. The highest BCUT2D eigenvalue weighted by Crippen LogP contribution is 2.09. The third-order valence-electron chi connectivity index (χ3n) is 2.80. The molecule has 0 spiro atoms. The zero-order valence-electron chi connectivity index (χ0n) is 10.0. The first-order valence-corrected chi connectivity index (χ1v) is 5.68. The lowest BCUT2D eigenvalue weighted by Gasteiger charge is -2.32. The number of aliphatic hydroxyl groups is 1. The van der Waals surface area contributed by atoms with E-state index in [-0.39, 0.29) is 18.7 Å². The molecule has 1 rings (SSSR count). The van der Waals surface area contributed by atoms with Crippen molar-refractivity contribution in [3.05, 3.63) is 30.1 Å². The molecule has 0 amide bonds. The molecular weight excluding hydrogens is 202 g/mol. The van der Waals surface area contributed by atoms with E-state index in [1.807, 2.05) is 19.1 Å². The SMILES string of the molecule is CCN(Cc1ccncc1)C(CO)C(C)N. The van der Waals surface area contributed by atoms with Crippen LogP contribution in [0.3, 0.4) is 0 Å². The maximum Gasteiger partial charge on any atom is 0.0601 e. The largest absolute Gasteiger partial charge is 0.395 e. The molecule has 16 heavy (non-hydrogen) atoms. The third kappa shape index (κ3) is 3.56. The van der Waals surface area contributed by atoms with Crippen molar-refractivity contribution in [3.8, 4) is 0 Å². The second kappa shape index (κ2) is 6.58. The number of hydrogen-bond donors (Lipinski definition) is 2. The van der Waals surface area contributed by atoms with Crippen molar-refractivity contribution in [2.24, 2.45) is 5.73 Å². The van der Waals surface area contributed by atoms with Crippen LogP contribution in [0.4, 0.5) is 0 Å².